The maximum Gasteiger partial charge on any atom is 0.319 e. The lowest BCUT2D eigenvalue weighted by Crippen LogP contribution is -2.36. The van der Waals surface area contributed by atoms with Gasteiger partial charge in [-0.3, -0.25) is 0 Å². The first kappa shape index (κ1) is 12.3. The van der Waals surface area contributed by atoms with Gasteiger partial charge in [0, 0.05) is 31.0 Å². The molecule has 0 atom stereocenters. The van der Waals surface area contributed by atoms with Crippen molar-refractivity contribution in [3.05, 3.63) is 23.8 Å². The Morgan fingerprint density at radius 1 is 1.32 bits per heavy atom. The number of likely N-dealkylation sites (N-methyl/N-ethyl adjacent to an activating group) is 1. The number of rotatable bonds is 2. The van der Waals surface area contributed by atoms with Crippen LogP contribution in [0.4, 0.5) is 16.2 Å². The molecule has 0 unspecified atom stereocenters. The van der Waals surface area contributed by atoms with Crippen LogP contribution in [0.2, 0.25) is 0 Å². The van der Waals surface area contributed by atoms with Gasteiger partial charge in [0.2, 0.25) is 0 Å². The zero-order valence-corrected chi connectivity index (χ0v) is 11.4. The molecule has 1 fully saturated rings. The highest BCUT2D eigenvalue weighted by Crippen LogP contribution is 2.29. The van der Waals surface area contributed by atoms with Crippen LogP contribution in [0.3, 0.4) is 0 Å². The third kappa shape index (κ3) is 2.67. The number of hydrogen-bond acceptors (Lipinski definition) is 2. The molecular weight excluding hydrogens is 238 g/mol. The van der Waals surface area contributed by atoms with E-state index in [1.165, 1.54) is 24.1 Å². The number of hydrogen-bond donors (Lipinski definition) is 2. The Kier molecular flexibility index (Phi) is 3.32. The molecule has 0 saturated heterocycles. The maximum atomic E-state index is 11.9. The molecule has 3 rings (SSSR count). The molecule has 2 N–H and O–H groups in total. The summed E-state index contributed by atoms with van der Waals surface area (Å²) in [5.41, 5.74) is 3.48. The normalized spacial score (nSPS) is 18.5. The minimum Gasteiger partial charge on any atom is -0.374 e. The Labute approximate surface area is 114 Å². The van der Waals surface area contributed by atoms with E-state index in [2.05, 4.69) is 34.7 Å². The van der Waals surface area contributed by atoms with Crippen LogP contribution in [0.1, 0.15) is 31.2 Å². The number of anilines is 2. The predicted molar refractivity (Wildman–Crippen MR) is 77.8 cm³/mol. The molecule has 0 bridgehead atoms. The summed E-state index contributed by atoms with van der Waals surface area (Å²) < 4.78 is 0. The Hall–Kier alpha value is -1.71. The van der Waals surface area contributed by atoms with Crippen molar-refractivity contribution >= 4 is 17.4 Å². The molecule has 0 aromatic heterocycles. The van der Waals surface area contributed by atoms with Crippen LogP contribution in [0, 0.1) is 0 Å². The summed E-state index contributed by atoms with van der Waals surface area (Å²) in [5, 5.41) is 5.98. The number of carbonyl (C=O) groups excluding carboxylic acids is 1. The van der Waals surface area contributed by atoms with E-state index in [4.69, 9.17) is 0 Å². The molecule has 2 aliphatic rings. The number of amides is 2. The molecule has 1 saturated carbocycles. The van der Waals surface area contributed by atoms with Crippen molar-refractivity contribution in [2.75, 3.05) is 23.8 Å². The Balaban J connectivity index is 1.63. The molecule has 1 heterocycles. The predicted octanol–water partition coefficient (Wildman–Crippen LogP) is 2.74. The zero-order valence-electron chi connectivity index (χ0n) is 11.4. The standard InChI is InChI=1S/C15H21N3O/c1-18-9-8-11-6-7-13(10-14(11)18)17-15(19)16-12-4-2-3-5-12/h6-7,10,12H,2-5,8-9H2,1H3,(H2,16,17,19). The summed E-state index contributed by atoms with van der Waals surface area (Å²) in [6, 6.07) is 6.46. The zero-order chi connectivity index (χ0) is 13.2. The lowest BCUT2D eigenvalue weighted by molar-refractivity contribution is 0.248. The molecule has 1 aromatic carbocycles. The number of carbonyl (C=O) groups is 1. The SMILES string of the molecule is CN1CCc2ccc(NC(=O)NC3CCCC3)cc21. The summed E-state index contributed by atoms with van der Waals surface area (Å²) >= 11 is 0. The topological polar surface area (TPSA) is 44.4 Å². The lowest BCUT2D eigenvalue weighted by atomic mass is 10.1. The summed E-state index contributed by atoms with van der Waals surface area (Å²) in [4.78, 5) is 14.1. The minimum atomic E-state index is -0.0764. The highest BCUT2D eigenvalue weighted by Gasteiger charge is 2.18. The van der Waals surface area contributed by atoms with E-state index in [0.29, 0.717) is 6.04 Å². The van der Waals surface area contributed by atoms with Gasteiger partial charge in [-0.2, -0.15) is 0 Å². The fourth-order valence-electron chi connectivity index (χ4n) is 3.04. The minimum absolute atomic E-state index is 0.0764. The largest absolute Gasteiger partial charge is 0.374 e. The van der Waals surface area contributed by atoms with Crippen LogP contribution in [0.25, 0.3) is 0 Å². The Bertz CT molecular complexity index is 480. The van der Waals surface area contributed by atoms with E-state index in [1.54, 1.807) is 0 Å². The quantitative estimate of drug-likeness (QED) is 0.857. The summed E-state index contributed by atoms with van der Waals surface area (Å²) in [6.07, 6.45) is 5.78. The van der Waals surface area contributed by atoms with Crippen LogP contribution in [-0.4, -0.2) is 25.7 Å². The second-order valence-electron chi connectivity index (χ2n) is 5.59. The number of urea groups is 1. The molecule has 4 heteroatoms. The monoisotopic (exact) mass is 259 g/mol. The van der Waals surface area contributed by atoms with E-state index in [0.717, 1.165) is 31.5 Å². The van der Waals surface area contributed by atoms with Gasteiger partial charge in [-0.25, -0.2) is 4.79 Å². The van der Waals surface area contributed by atoms with Gasteiger partial charge in [0.1, 0.15) is 0 Å². The molecule has 2 amide bonds. The van der Waals surface area contributed by atoms with Gasteiger partial charge in [-0.15, -0.1) is 0 Å². The fraction of sp³-hybridized carbons (Fsp3) is 0.533. The van der Waals surface area contributed by atoms with E-state index >= 15 is 0 Å². The maximum absolute atomic E-state index is 11.9. The first-order valence-corrected chi connectivity index (χ1v) is 7.14. The van der Waals surface area contributed by atoms with Crippen LogP contribution >= 0.6 is 0 Å². The molecule has 19 heavy (non-hydrogen) atoms. The van der Waals surface area contributed by atoms with Gasteiger partial charge in [0.25, 0.3) is 0 Å². The molecule has 0 radical (unpaired) electrons. The van der Waals surface area contributed by atoms with Crippen molar-refractivity contribution in [3.63, 3.8) is 0 Å². The van der Waals surface area contributed by atoms with Crippen molar-refractivity contribution in [1.29, 1.82) is 0 Å². The van der Waals surface area contributed by atoms with Gasteiger partial charge in [0.05, 0.1) is 0 Å². The van der Waals surface area contributed by atoms with Crippen LogP contribution in [0.5, 0.6) is 0 Å². The third-order valence-electron chi connectivity index (χ3n) is 4.16. The van der Waals surface area contributed by atoms with E-state index < -0.39 is 0 Å². The van der Waals surface area contributed by atoms with Gasteiger partial charge in [-0.05, 0) is 37.0 Å². The number of benzene rings is 1. The highest BCUT2D eigenvalue weighted by molar-refractivity contribution is 5.90. The second-order valence-corrected chi connectivity index (χ2v) is 5.59. The van der Waals surface area contributed by atoms with Crippen molar-refractivity contribution in [2.45, 2.75) is 38.1 Å². The first-order valence-electron chi connectivity index (χ1n) is 7.14. The van der Waals surface area contributed by atoms with Crippen LogP contribution in [0.15, 0.2) is 18.2 Å². The molecule has 1 aromatic rings. The summed E-state index contributed by atoms with van der Waals surface area (Å²) in [6.45, 7) is 1.06. The first-order chi connectivity index (χ1) is 9.22. The Morgan fingerprint density at radius 3 is 2.89 bits per heavy atom. The number of nitrogens with one attached hydrogen (secondary N) is 2. The van der Waals surface area contributed by atoms with Crippen molar-refractivity contribution in [3.8, 4) is 0 Å². The van der Waals surface area contributed by atoms with Gasteiger partial charge >= 0.3 is 6.03 Å². The molecule has 0 spiro atoms. The van der Waals surface area contributed by atoms with Gasteiger partial charge < -0.3 is 15.5 Å². The van der Waals surface area contributed by atoms with Gasteiger partial charge in [-0.1, -0.05) is 18.9 Å². The third-order valence-corrected chi connectivity index (χ3v) is 4.16. The number of fused-ring (bicyclic) bond motifs is 1. The lowest BCUT2D eigenvalue weighted by Gasteiger charge is -2.15. The summed E-state index contributed by atoms with van der Waals surface area (Å²) in [7, 11) is 2.09. The van der Waals surface area contributed by atoms with Crippen molar-refractivity contribution < 1.29 is 4.79 Å². The van der Waals surface area contributed by atoms with Crippen LogP contribution in [-0.2, 0) is 6.42 Å². The average Bonchev–Trinajstić information content (AvgIpc) is 3.00. The highest BCUT2D eigenvalue weighted by atomic mass is 16.2. The Morgan fingerprint density at radius 2 is 2.11 bits per heavy atom. The average molecular weight is 259 g/mol. The second kappa shape index (κ2) is 5.11. The van der Waals surface area contributed by atoms with Gasteiger partial charge in [0.15, 0.2) is 0 Å². The molecule has 102 valence electrons. The van der Waals surface area contributed by atoms with Crippen molar-refractivity contribution in [1.82, 2.24) is 5.32 Å². The van der Waals surface area contributed by atoms with Crippen LogP contribution < -0.4 is 15.5 Å². The molecule has 1 aliphatic carbocycles. The van der Waals surface area contributed by atoms with E-state index in [-0.39, 0.29) is 6.03 Å². The molecule has 4 nitrogen and oxygen atoms in total. The van der Waals surface area contributed by atoms with Crippen molar-refractivity contribution in [2.24, 2.45) is 0 Å². The smallest absolute Gasteiger partial charge is 0.319 e. The summed E-state index contributed by atoms with van der Waals surface area (Å²) in [5.74, 6) is 0. The fourth-order valence-corrected chi connectivity index (χ4v) is 3.04. The number of nitrogens with zero attached hydrogens (tertiary/aromatic N) is 1. The molecule has 1 aliphatic heterocycles. The van der Waals surface area contributed by atoms with E-state index in [1.807, 2.05) is 6.07 Å². The van der Waals surface area contributed by atoms with E-state index in [9.17, 15) is 4.79 Å². The molecular formula is C15H21N3O.